The lowest BCUT2D eigenvalue weighted by molar-refractivity contribution is 0.0164. The first-order valence-corrected chi connectivity index (χ1v) is 12.4. The summed E-state index contributed by atoms with van der Waals surface area (Å²) in [5.74, 6) is 0.496. The summed E-state index contributed by atoms with van der Waals surface area (Å²) >= 11 is 0. The molecule has 1 saturated heterocycles. The lowest BCUT2D eigenvalue weighted by atomic mass is 9.90. The quantitative estimate of drug-likeness (QED) is 0.602. The maximum atomic E-state index is 12.4. The molecule has 1 aliphatic carbocycles. The normalized spacial score (nSPS) is 24.5. The molecular formula is C25H36N6O2. The zero-order valence-corrected chi connectivity index (χ0v) is 20.0. The largest absolute Gasteiger partial charge is 0.444 e. The van der Waals surface area contributed by atoms with E-state index in [1.165, 1.54) is 11.9 Å². The van der Waals surface area contributed by atoms with Crippen LogP contribution in [-0.2, 0) is 4.74 Å². The third-order valence-electron chi connectivity index (χ3n) is 7.07. The number of nitrogens with one attached hydrogen (secondary N) is 2. The van der Waals surface area contributed by atoms with E-state index >= 15 is 0 Å². The first-order valence-electron chi connectivity index (χ1n) is 12.4. The molecule has 0 bridgehead atoms. The predicted octanol–water partition coefficient (Wildman–Crippen LogP) is 4.63. The molecule has 5 rings (SSSR count). The average Bonchev–Trinajstić information content (AvgIpc) is 3.43. The summed E-state index contributed by atoms with van der Waals surface area (Å²) < 4.78 is 7.94. The molecule has 0 spiro atoms. The number of ether oxygens (including phenoxy) is 1. The van der Waals surface area contributed by atoms with Crippen LogP contribution in [0, 0.1) is 5.92 Å². The van der Waals surface area contributed by atoms with Crippen LogP contribution in [0.15, 0.2) is 24.8 Å². The second-order valence-electron chi connectivity index (χ2n) is 10.7. The Balaban J connectivity index is 1.14. The van der Waals surface area contributed by atoms with Crippen LogP contribution >= 0.6 is 0 Å². The van der Waals surface area contributed by atoms with Crippen molar-refractivity contribution in [3.63, 3.8) is 0 Å². The Morgan fingerprint density at radius 2 is 2.03 bits per heavy atom. The molecule has 2 aliphatic rings. The molecule has 3 aromatic rings. The van der Waals surface area contributed by atoms with Crippen LogP contribution in [0.4, 0.5) is 4.79 Å². The van der Waals surface area contributed by atoms with Crippen LogP contribution in [0.25, 0.3) is 22.1 Å². The van der Waals surface area contributed by atoms with Crippen molar-refractivity contribution in [2.75, 3.05) is 19.6 Å². The Bertz CT molecular complexity index is 1110. The Labute approximate surface area is 195 Å². The van der Waals surface area contributed by atoms with E-state index in [1.807, 2.05) is 44.4 Å². The van der Waals surface area contributed by atoms with E-state index in [1.54, 1.807) is 0 Å². The maximum Gasteiger partial charge on any atom is 0.410 e. The third kappa shape index (κ3) is 4.86. The van der Waals surface area contributed by atoms with E-state index in [0.717, 1.165) is 68.3 Å². The lowest BCUT2D eigenvalue weighted by Crippen LogP contribution is -2.46. The van der Waals surface area contributed by atoms with Crippen molar-refractivity contribution in [1.82, 2.24) is 29.7 Å². The van der Waals surface area contributed by atoms with Gasteiger partial charge in [0.25, 0.3) is 0 Å². The molecule has 0 radical (unpaired) electrons. The number of hydrogen-bond acceptors (Lipinski definition) is 5. The first kappa shape index (κ1) is 22.2. The highest BCUT2D eigenvalue weighted by atomic mass is 16.6. The van der Waals surface area contributed by atoms with Crippen LogP contribution in [0.2, 0.25) is 0 Å². The molecule has 1 saturated carbocycles. The number of aromatic amines is 1. The number of carbonyl (C=O) groups excluding carboxylic acids is 1. The molecule has 2 N–H and O–H groups in total. The average molecular weight is 453 g/mol. The standard InChI is InChI=1S/C25H36N6O2/c1-25(2,3)33-24(32)30-12-4-5-17(15-30)13-27-18-6-8-19(9-7-18)31-16-29-21-14-28-23-20(22(21)31)10-11-26-23/h10-11,14,16-19,27H,4-9,12-13,15H2,1-3H3,(H,26,28)/t17-,18?,19?/m1/s1. The summed E-state index contributed by atoms with van der Waals surface area (Å²) in [5, 5.41) is 4.96. The Kier molecular flexibility index (Phi) is 6.03. The lowest BCUT2D eigenvalue weighted by Gasteiger charge is -2.36. The zero-order chi connectivity index (χ0) is 23.0. The van der Waals surface area contributed by atoms with Crippen LogP contribution in [0.3, 0.4) is 0 Å². The number of likely N-dealkylation sites (tertiary alicyclic amines) is 1. The zero-order valence-electron chi connectivity index (χ0n) is 20.0. The summed E-state index contributed by atoms with van der Waals surface area (Å²) in [5.41, 5.74) is 2.65. The van der Waals surface area contributed by atoms with Gasteiger partial charge in [0, 0.05) is 36.8 Å². The number of H-pyrrole nitrogens is 1. The van der Waals surface area contributed by atoms with Gasteiger partial charge in [0.05, 0.1) is 18.0 Å². The Morgan fingerprint density at radius 3 is 2.82 bits per heavy atom. The van der Waals surface area contributed by atoms with Gasteiger partial charge in [-0.3, -0.25) is 0 Å². The number of aromatic nitrogens is 4. The van der Waals surface area contributed by atoms with Crippen LogP contribution < -0.4 is 5.32 Å². The van der Waals surface area contributed by atoms with Gasteiger partial charge in [0.1, 0.15) is 16.8 Å². The molecule has 1 amide bonds. The Morgan fingerprint density at radius 1 is 1.21 bits per heavy atom. The SMILES string of the molecule is CC(C)(C)OC(=O)N1CCC[C@H](CNC2CCC(n3cnc4cnc5[nH]ccc5c43)CC2)C1. The minimum atomic E-state index is -0.440. The highest BCUT2D eigenvalue weighted by Gasteiger charge is 2.29. The molecule has 1 aliphatic heterocycles. The molecule has 1 atom stereocenters. The molecule has 8 heteroatoms. The van der Waals surface area contributed by atoms with E-state index < -0.39 is 5.60 Å². The first-order chi connectivity index (χ1) is 15.9. The van der Waals surface area contributed by atoms with Crippen molar-refractivity contribution in [3.8, 4) is 0 Å². The molecule has 2 fully saturated rings. The maximum absolute atomic E-state index is 12.4. The topological polar surface area (TPSA) is 88.1 Å². The van der Waals surface area contributed by atoms with Crippen molar-refractivity contribution in [1.29, 1.82) is 0 Å². The van der Waals surface area contributed by atoms with Crippen molar-refractivity contribution < 1.29 is 9.53 Å². The van der Waals surface area contributed by atoms with Gasteiger partial charge >= 0.3 is 6.09 Å². The summed E-state index contributed by atoms with van der Waals surface area (Å²) in [6.07, 6.45) is 12.5. The van der Waals surface area contributed by atoms with E-state index in [9.17, 15) is 4.79 Å². The number of pyridine rings is 1. The number of carbonyl (C=O) groups is 1. The third-order valence-corrected chi connectivity index (χ3v) is 7.07. The van der Waals surface area contributed by atoms with Gasteiger partial charge < -0.3 is 24.5 Å². The van der Waals surface area contributed by atoms with E-state index in [4.69, 9.17) is 4.74 Å². The van der Waals surface area contributed by atoms with Gasteiger partial charge in [-0.15, -0.1) is 0 Å². The summed E-state index contributed by atoms with van der Waals surface area (Å²) in [6.45, 7) is 8.34. The fraction of sp³-hybridized carbons (Fsp3) is 0.640. The number of amides is 1. The molecule has 3 aromatic heterocycles. The molecule has 0 unspecified atom stereocenters. The van der Waals surface area contributed by atoms with Gasteiger partial charge in [-0.2, -0.15) is 0 Å². The van der Waals surface area contributed by atoms with Crippen LogP contribution in [0.5, 0.6) is 0 Å². The monoisotopic (exact) mass is 452 g/mol. The molecule has 33 heavy (non-hydrogen) atoms. The fourth-order valence-electron chi connectivity index (χ4n) is 5.42. The number of rotatable bonds is 4. The van der Waals surface area contributed by atoms with Crippen molar-refractivity contribution in [3.05, 3.63) is 24.8 Å². The smallest absolute Gasteiger partial charge is 0.410 e. The van der Waals surface area contributed by atoms with Crippen molar-refractivity contribution in [2.24, 2.45) is 5.92 Å². The van der Waals surface area contributed by atoms with E-state index in [-0.39, 0.29) is 6.09 Å². The highest BCUT2D eigenvalue weighted by molar-refractivity contribution is 6.00. The van der Waals surface area contributed by atoms with Gasteiger partial charge in [-0.1, -0.05) is 0 Å². The van der Waals surface area contributed by atoms with Crippen molar-refractivity contribution in [2.45, 2.75) is 77.0 Å². The van der Waals surface area contributed by atoms with E-state index in [2.05, 4.69) is 30.9 Å². The minimum Gasteiger partial charge on any atom is -0.444 e. The number of hydrogen-bond donors (Lipinski definition) is 2. The summed E-state index contributed by atoms with van der Waals surface area (Å²) in [6, 6.07) is 3.12. The number of imidazole rings is 1. The van der Waals surface area contributed by atoms with Gasteiger partial charge in [-0.05, 0) is 77.8 Å². The molecule has 0 aromatic carbocycles. The molecule has 4 heterocycles. The summed E-state index contributed by atoms with van der Waals surface area (Å²) in [4.78, 5) is 26.6. The van der Waals surface area contributed by atoms with Crippen LogP contribution in [-0.4, -0.2) is 61.8 Å². The van der Waals surface area contributed by atoms with Crippen molar-refractivity contribution >= 4 is 28.2 Å². The second kappa shape index (κ2) is 8.97. The number of fused-ring (bicyclic) bond motifs is 3. The Hall–Kier alpha value is -2.61. The predicted molar refractivity (Wildman–Crippen MR) is 129 cm³/mol. The fourth-order valence-corrected chi connectivity index (χ4v) is 5.42. The van der Waals surface area contributed by atoms with E-state index in [0.29, 0.717) is 18.0 Å². The van der Waals surface area contributed by atoms with Gasteiger partial charge in [-0.25, -0.2) is 14.8 Å². The number of piperidine rings is 1. The van der Waals surface area contributed by atoms with Gasteiger partial charge in [0.15, 0.2) is 0 Å². The minimum absolute atomic E-state index is 0.174. The molecule has 8 nitrogen and oxygen atoms in total. The summed E-state index contributed by atoms with van der Waals surface area (Å²) in [7, 11) is 0. The van der Waals surface area contributed by atoms with Gasteiger partial charge in [0.2, 0.25) is 0 Å². The second-order valence-corrected chi connectivity index (χ2v) is 10.7. The molecule has 178 valence electrons. The highest BCUT2D eigenvalue weighted by Crippen LogP contribution is 2.33. The van der Waals surface area contributed by atoms with Crippen LogP contribution in [0.1, 0.15) is 65.3 Å². The molecular weight excluding hydrogens is 416 g/mol. The number of nitrogens with zero attached hydrogens (tertiary/aromatic N) is 4.